The van der Waals surface area contributed by atoms with E-state index in [1.54, 1.807) is 18.2 Å². The van der Waals surface area contributed by atoms with Crippen molar-refractivity contribution in [1.29, 1.82) is 0 Å². The van der Waals surface area contributed by atoms with Crippen LogP contribution in [-0.4, -0.2) is 43.1 Å². The van der Waals surface area contributed by atoms with Gasteiger partial charge in [0.25, 0.3) is 0 Å². The second-order valence-electron chi connectivity index (χ2n) is 3.64. The minimum atomic E-state index is -1.43. The van der Waals surface area contributed by atoms with E-state index >= 15 is 0 Å². The van der Waals surface area contributed by atoms with Crippen LogP contribution in [0.4, 0.5) is 0 Å². The van der Waals surface area contributed by atoms with Crippen LogP contribution in [0.5, 0.6) is 0 Å². The first-order valence-electron chi connectivity index (χ1n) is 5.57. The molecule has 2 unspecified atom stereocenters. The molecule has 20 heavy (non-hydrogen) atoms. The summed E-state index contributed by atoms with van der Waals surface area (Å²) in [7, 11) is 2.28. The van der Waals surface area contributed by atoms with Gasteiger partial charge in [-0.2, -0.15) is 0 Å². The lowest BCUT2D eigenvalue weighted by Crippen LogP contribution is -2.40. The van der Waals surface area contributed by atoms with Crippen molar-refractivity contribution in [3.63, 3.8) is 0 Å². The zero-order valence-corrected chi connectivity index (χ0v) is 12.5. The molecule has 0 aliphatic carbocycles. The molecule has 1 aromatic carbocycles. The van der Waals surface area contributed by atoms with Crippen LogP contribution in [0.1, 0.15) is 10.4 Å². The molecule has 108 valence electrons. The summed E-state index contributed by atoms with van der Waals surface area (Å²) in [5.74, 6) is -2.35. The molecule has 0 heterocycles. The number of ether oxygens (including phenoxy) is 3. The lowest BCUT2D eigenvalue weighted by Gasteiger charge is -2.19. The van der Waals surface area contributed by atoms with Crippen LogP contribution in [-0.2, 0) is 23.8 Å². The summed E-state index contributed by atoms with van der Waals surface area (Å²) in [5, 5.41) is 0. The highest BCUT2D eigenvalue weighted by Gasteiger charge is 2.37. The molecule has 1 aromatic rings. The minimum absolute atomic E-state index is 0.256. The largest absolute Gasteiger partial charge is 0.468 e. The number of methoxy groups -OCH3 is 2. The first kappa shape index (κ1) is 16.2. The number of benzene rings is 1. The molecule has 0 bridgehead atoms. The fourth-order valence-electron chi connectivity index (χ4n) is 1.34. The number of carbonyl (C=O) groups is 3. The monoisotopic (exact) mass is 344 g/mol. The van der Waals surface area contributed by atoms with E-state index in [1.165, 1.54) is 12.1 Å². The number of esters is 3. The van der Waals surface area contributed by atoms with Gasteiger partial charge in [-0.25, -0.2) is 9.59 Å². The Kier molecular flexibility index (Phi) is 6.17. The van der Waals surface area contributed by atoms with E-state index in [-0.39, 0.29) is 5.56 Å². The van der Waals surface area contributed by atoms with Crippen molar-refractivity contribution in [2.45, 2.75) is 10.9 Å². The molecular formula is C13H13BrO6. The third kappa shape index (κ3) is 4.06. The fraction of sp³-hybridized carbons (Fsp3) is 0.308. The second-order valence-corrected chi connectivity index (χ2v) is 4.63. The van der Waals surface area contributed by atoms with E-state index in [9.17, 15) is 14.4 Å². The maximum absolute atomic E-state index is 11.9. The van der Waals surface area contributed by atoms with Crippen molar-refractivity contribution in [2.75, 3.05) is 14.2 Å². The molecule has 2 atom stereocenters. The zero-order chi connectivity index (χ0) is 15.1. The quantitative estimate of drug-likeness (QED) is 0.455. The standard InChI is InChI=1S/C13H13BrO6/c1-18-12(16)9(14)10(13(17)19-2)20-11(15)8-6-4-3-5-7-8/h3-7,9-10H,1-2H3. The van der Waals surface area contributed by atoms with E-state index < -0.39 is 28.8 Å². The maximum atomic E-state index is 11.9. The summed E-state index contributed by atoms with van der Waals surface area (Å²) >= 11 is 2.96. The van der Waals surface area contributed by atoms with E-state index in [1.807, 2.05) is 0 Å². The summed E-state index contributed by atoms with van der Waals surface area (Å²) in [4.78, 5) is 33.8. The molecule has 0 N–H and O–H groups in total. The summed E-state index contributed by atoms with van der Waals surface area (Å²) in [5.41, 5.74) is 0.256. The van der Waals surface area contributed by atoms with E-state index in [4.69, 9.17) is 4.74 Å². The lowest BCUT2D eigenvalue weighted by molar-refractivity contribution is -0.156. The molecular weight excluding hydrogens is 332 g/mol. The van der Waals surface area contributed by atoms with Crippen molar-refractivity contribution < 1.29 is 28.6 Å². The molecule has 0 aliphatic heterocycles. The summed E-state index contributed by atoms with van der Waals surface area (Å²) in [6.07, 6.45) is -1.43. The van der Waals surface area contributed by atoms with Gasteiger partial charge in [0.2, 0.25) is 6.10 Å². The van der Waals surface area contributed by atoms with Gasteiger partial charge >= 0.3 is 17.9 Å². The fourth-order valence-corrected chi connectivity index (χ4v) is 1.85. The Hall–Kier alpha value is -1.89. The molecule has 6 nitrogen and oxygen atoms in total. The number of rotatable bonds is 5. The number of alkyl halides is 1. The molecule has 0 fully saturated rings. The SMILES string of the molecule is COC(=O)C(Br)C(OC(=O)c1ccccc1)C(=O)OC. The number of carbonyl (C=O) groups excluding carboxylic acids is 3. The van der Waals surface area contributed by atoms with Crippen molar-refractivity contribution in [2.24, 2.45) is 0 Å². The van der Waals surface area contributed by atoms with Crippen LogP contribution >= 0.6 is 15.9 Å². The van der Waals surface area contributed by atoms with Gasteiger partial charge in [-0.1, -0.05) is 34.1 Å². The average Bonchev–Trinajstić information content (AvgIpc) is 2.50. The van der Waals surface area contributed by atoms with Crippen LogP contribution in [0, 0.1) is 0 Å². The Morgan fingerprint density at radius 2 is 1.55 bits per heavy atom. The van der Waals surface area contributed by atoms with E-state index in [2.05, 4.69) is 25.4 Å². The van der Waals surface area contributed by atoms with Crippen molar-refractivity contribution >= 4 is 33.8 Å². The number of halogens is 1. The Morgan fingerprint density at radius 3 is 2.05 bits per heavy atom. The summed E-state index contributed by atoms with van der Waals surface area (Å²) < 4.78 is 14.0. The van der Waals surface area contributed by atoms with E-state index in [0.717, 1.165) is 14.2 Å². The predicted octanol–water partition coefficient (Wildman–Crippen LogP) is 1.32. The molecule has 7 heteroatoms. The number of hydrogen-bond acceptors (Lipinski definition) is 6. The topological polar surface area (TPSA) is 78.9 Å². The third-order valence-electron chi connectivity index (χ3n) is 2.37. The Balaban J connectivity index is 2.88. The second kappa shape index (κ2) is 7.64. The molecule has 0 saturated carbocycles. The lowest BCUT2D eigenvalue weighted by atomic mass is 10.2. The smallest absolute Gasteiger partial charge is 0.349 e. The first-order valence-corrected chi connectivity index (χ1v) is 6.48. The molecule has 0 aromatic heterocycles. The van der Waals surface area contributed by atoms with Crippen LogP contribution in [0.15, 0.2) is 30.3 Å². The Bertz CT molecular complexity index is 487. The minimum Gasteiger partial charge on any atom is -0.468 e. The van der Waals surface area contributed by atoms with Gasteiger partial charge in [-0.15, -0.1) is 0 Å². The van der Waals surface area contributed by atoms with Gasteiger partial charge in [0.15, 0.2) is 4.83 Å². The van der Waals surface area contributed by atoms with Crippen molar-refractivity contribution in [1.82, 2.24) is 0 Å². The normalized spacial score (nSPS) is 12.9. The van der Waals surface area contributed by atoms with Gasteiger partial charge in [0.05, 0.1) is 19.8 Å². The predicted molar refractivity (Wildman–Crippen MR) is 72.4 cm³/mol. The highest BCUT2D eigenvalue weighted by molar-refractivity contribution is 9.10. The van der Waals surface area contributed by atoms with Crippen LogP contribution in [0.25, 0.3) is 0 Å². The third-order valence-corrected chi connectivity index (χ3v) is 3.22. The van der Waals surface area contributed by atoms with Crippen LogP contribution in [0.2, 0.25) is 0 Å². The molecule has 0 radical (unpaired) electrons. The van der Waals surface area contributed by atoms with Gasteiger partial charge in [0, 0.05) is 0 Å². The van der Waals surface area contributed by atoms with Crippen molar-refractivity contribution in [3.05, 3.63) is 35.9 Å². The van der Waals surface area contributed by atoms with Gasteiger partial charge in [-0.05, 0) is 12.1 Å². The molecule has 0 saturated heterocycles. The van der Waals surface area contributed by atoms with Gasteiger partial charge in [-0.3, -0.25) is 4.79 Å². The Labute approximate surface area is 124 Å². The first-order chi connectivity index (χ1) is 9.51. The average molecular weight is 345 g/mol. The van der Waals surface area contributed by atoms with Gasteiger partial charge < -0.3 is 14.2 Å². The zero-order valence-electron chi connectivity index (χ0n) is 10.9. The van der Waals surface area contributed by atoms with Crippen LogP contribution < -0.4 is 0 Å². The van der Waals surface area contributed by atoms with Crippen LogP contribution in [0.3, 0.4) is 0 Å². The molecule has 1 rings (SSSR count). The highest BCUT2D eigenvalue weighted by Crippen LogP contribution is 2.15. The molecule has 0 amide bonds. The maximum Gasteiger partial charge on any atom is 0.349 e. The summed E-state index contributed by atoms with van der Waals surface area (Å²) in [6, 6.07) is 8.08. The Morgan fingerprint density at radius 1 is 1.00 bits per heavy atom. The summed E-state index contributed by atoms with van der Waals surface area (Å²) in [6.45, 7) is 0. The molecule has 0 spiro atoms. The number of hydrogen-bond donors (Lipinski definition) is 0. The van der Waals surface area contributed by atoms with Gasteiger partial charge in [0.1, 0.15) is 0 Å². The van der Waals surface area contributed by atoms with E-state index in [0.29, 0.717) is 0 Å². The highest BCUT2D eigenvalue weighted by atomic mass is 79.9. The van der Waals surface area contributed by atoms with Crippen molar-refractivity contribution in [3.8, 4) is 0 Å². The molecule has 0 aliphatic rings.